The summed E-state index contributed by atoms with van der Waals surface area (Å²) in [5.41, 5.74) is 0.988. The fourth-order valence-electron chi connectivity index (χ4n) is 3.85. The Labute approximate surface area is 203 Å². The van der Waals surface area contributed by atoms with Gasteiger partial charge in [0.25, 0.3) is 0 Å². The van der Waals surface area contributed by atoms with Crippen LogP contribution >= 0.6 is 0 Å². The molecule has 1 unspecified atom stereocenters. The van der Waals surface area contributed by atoms with Crippen LogP contribution in [0.25, 0.3) is 0 Å². The molecule has 0 aromatic heterocycles. The number of hydrogen-bond acceptors (Lipinski definition) is 8. The Morgan fingerprint density at radius 1 is 0.972 bits per heavy atom. The third kappa shape index (κ3) is 4.67. The second-order valence-corrected chi connectivity index (χ2v) is 7.73. The van der Waals surface area contributed by atoms with Crippen LogP contribution in [0.1, 0.15) is 22.0 Å². The number of anilines is 1. The minimum absolute atomic E-state index is 0.0623. The molecule has 5 rings (SSSR count). The van der Waals surface area contributed by atoms with Crippen LogP contribution in [0.3, 0.4) is 0 Å². The largest absolute Gasteiger partial charge is 0.497 e. The molecule has 0 fully saturated rings. The van der Waals surface area contributed by atoms with E-state index >= 15 is 0 Å². The summed E-state index contributed by atoms with van der Waals surface area (Å²) in [6.45, 7) is -2.91. The van der Waals surface area contributed by atoms with Gasteiger partial charge >= 0.3 is 12.7 Å². The van der Waals surface area contributed by atoms with E-state index in [0.29, 0.717) is 22.8 Å². The first-order chi connectivity index (χ1) is 17.4. The Morgan fingerprint density at radius 3 is 2.47 bits per heavy atom. The van der Waals surface area contributed by atoms with Crippen LogP contribution in [-0.2, 0) is 4.74 Å². The summed E-state index contributed by atoms with van der Waals surface area (Å²) >= 11 is 0. The van der Waals surface area contributed by atoms with Gasteiger partial charge in [-0.15, -0.1) is 0 Å². The standard InChI is InChI=1S/C25H19F2NO8/c1-31-16-7-8-17-19(11-16)35-22(13-2-9-18-20(10-13)33-12-32-18)23(21(17)29)36-25(30)28-14-3-5-15(6-4-14)34-24(26)27/h2-11,22-24H,12H2,1H3,(H,28,30)/t22-,23?/m0/s1. The number of ether oxygens (including phenoxy) is 6. The fraction of sp³-hybridized carbons (Fsp3) is 0.200. The number of carbonyl (C=O) groups excluding carboxylic acids is 2. The molecule has 1 N–H and O–H groups in total. The molecule has 3 aromatic rings. The van der Waals surface area contributed by atoms with E-state index in [-0.39, 0.29) is 29.5 Å². The number of amides is 1. The SMILES string of the molecule is COc1ccc2c(c1)O[C@@H](c1ccc3c(c1)OCO3)C(OC(=O)Nc1ccc(OC(F)F)cc1)C2=O. The first kappa shape index (κ1) is 23.2. The number of fused-ring (bicyclic) bond motifs is 2. The monoisotopic (exact) mass is 499 g/mol. The van der Waals surface area contributed by atoms with E-state index in [9.17, 15) is 18.4 Å². The third-order valence-electron chi connectivity index (χ3n) is 5.53. The normalized spacial score (nSPS) is 17.7. The lowest BCUT2D eigenvalue weighted by Crippen LogP contribution is -2.40. The summed E-state index contributed by atoms with van der Waals surface area (Å²) in [5, 5.41) is 2.47. The molecule has 36 heavy (non-hydrogen) atoms. The van der Waals surface area contributed by atoms with Crippen LogP contribution in [-0.4, -0.2) is 38.5 Å². The van der Waals surface area contributed by atoms with E-state index in [0.717, 1.165) is 0 Å². The Balaban J connectivity index is 1.40. The van der Waals surface area contributed by atoms with Gasteiger partial charge in [0.15, 0.2) is 17.6 Å². The van der Waals surface area contributed by atoms with Crippen molar-refractivity contribution in [3.8, 4) is 28.7 Å². The molecule has 0 saturated heterocycles. The molecule has 2 aliphatic rings. The van der Waals surface area contributed by atoms with Crippen molar-refractivity contribution in [3.05, 3.63) is 71.8 Å². The van der Waals surface area contributed by atoms with Crippen LogP contribution in [0.15, 0.2) is 60.7 Å². The predicted octanol–water partition coefficient (Wildman–Crippen LogP) is 4.96. The molecular formula is C25H19F2NO8. The van der Waals surface area contributed by atoms with E-state index in [1.165, 1.54) is 37.4 Å². The number of Topliss-reactive ketones (excluding diaryl/α,β-unsaturated/α-hetero) is 1. The van der Waals surface area contributed by atoms with E-state index in [1.54, 1.807) is 30.3 Å². The third-order valence-corrected chi connectivity index (χ3v) is 5.53. The summed E-state index contributed by atoms with van der Waals surface area (Å²) in [4.78, 5) is 26.1. The zero-order chi connectivity index (χ0) is 25.2. The Morgan fingerprint density at radius 2 is 1.72 bits per heavy atom. The summed E-state index contributed by atoms with van der Waals surface area (Å²) < 4.78 is 56.6. The van der Waals surface area contributed by atoms with Crippen LogP contribution < -0.4 is 29.0 Å². The molecule has 2 atom stereocenters. The van der Waals surface area contributed by atoms with Gasteiger partial charge < -0.3 is 28.4 Å². The molecule has 0 saturated carbocycles. The highest BCUT2D eigenvalue weighted by molar-refractivity contribution is 6.04. The van der Waals surface area contributed by atoms with E-state index in [2.05, 4.69) is 10.1 Å². The van der Waals surface area contributed by atoms with Crippen molar-refractivity contribution in [2.45, 2.75) is 18.8 Å². The molecule has 9 nitrogen and oxygen atoms in total. The first-order valence-electron chi connectivity index (χ1n) is 10.7. The van der Waals surface area contributed by atoms with Gasteiger partial charge in [-0.25, -0.2) is 4.79 Å². The quantitative estimate of drug-likeness (QED) is 0.508. The van der Waals surface area contributed by atoms with Gasteiger partial charge in [-0.3, -0.25) is 10.1 Å². The Bertz CT molecular complexity index is 1300. The van der Waals surface area contributed by atoms with Gasteiger partial charge in [-0.1, -0.05) is 6.07 Å². The summed E-state index contributed by atoms with van der Waals surface area (Å²) in [6, 6.07) is 15.0. The number of ketones is 1. The average molecular weight is 499 g/mol. The lowest BCUT2D eigenvalue weighted by Gasteiger charge is -2.32. The smallest absolute Gasteiger partial charge is 0.412 e. The molecule has 3 aromatic carbocycles. The second kappa shape index (κ2) is 9.61. The first-order valence-corrected chi connectivity index (χ1v) is 10.7. The summed E-state index contributed by atoms with van der Waals surface area (Å²) in [6.07, 6.45) is -3.28. The second-order valence-electron chi connectivity index (χ2n) is 7.73. The van der Waals surface area contributed by atoms with Crippen molar-refractivity contribution in [1.29, 1.82) is 0 Å². The van der Waals surface area contributed by atoms with Gasteiger partial charge in [0, 0.05) is 17.3 Å². The minimum atomic E-state index is -2.97. The molecule has 2 heterocycles. The van der Waals surface area contributed by atoms with Gasteiger partial charge in [0.2, 0.25) is 18.7 Å². The molecular weight excluding hydrogens is 480 g/mol. The molecule has 0 radical (unpaired) electrons. The number of rotatable bonds is 6. The van der Waals surface area contributed by atoms with E-state index < -0.39 is 30.7 Å². The van der Waals surface area contributed by atoms with Crippen LogP contribution in [0.2, 0.25) is 0 Å². The van der Waals surface area contributed by atoms with E-state index in [1.807, 2.05) is 0 Å². The number of carbonyl (C=O) groups is 2. The predicted molar refractivity (Wildman–Crippen MR) is 120 cm³/mol. The van der Waals surface area contributed by atoms with Gasteiger partial charge in [0.05, 0.1) is 12.7 Å². The number of alkyl halides is 2. The zero-order valence-electron chi connectivity index (χ0n) is 18.7. The van der Waals surface area contributed by atoms with Crippen LogP contribution in [0, 0.1) is 0 Å². The van der Waals surface area contributed by atoms with Crippen LogP contribution in [0.5, 0.6) is 28.7 Å². The van der Waals surface area contributed by atoms with Crippen molar-refractivity contribution in [2.75, 3.05) is 19.2 Å². The van der Waals surface area contributed by atoms with Crippen LogP contribution in [0.4, 0.5) is 19.3 Å². The molecule has 0 spiro atoms. The molecule has 186 valence electrons. The molecule has 2 aliphatic heterocycles. The molecule has 0 bridgehead atoms. The molecule has 0 aliphatic carbocycles. The Kier molecular flexibility index (Phi) is 6.19. The number of benzene rings is 3. The van der Waals surface area contributed by atoms with Crippen molar-refractivity contribution < 1.29 is 46.8 Å². The lowest BCUT2D eigenvalue weighted by atomic mass is 9.93. The van der Waals surface area contributed by atoms with Gasteiger partial charge in [-0.05, 0) is 48.5 Å². The van der Waals surface area contributed by atoms with Crippen molar-refractivity contribution >= 4 is 17.6 Å². The zero-order valence-corrected chi connectivity index (χ0v) is 18.7. The number of halogens is 2. The topological polar surface area (TPSA) is 102 Å². The highest BCUT2D eigenvalue weighted by atomic mass is 19.3. The van der Waals surface area contributed by atoms with Crippen molar-refractivity contribution in [2.24, 2.45) is 0 Å². The Hall–Kier alpha value is -4.54. The maximum absolute atomic E-state index is 13.4. The lowest BCUT2D eigenvalue weighted by molar-refractivity contribution is -0.0498. The summed E-state index contributed by atoms with van der Waals surface area (Å²) in [5.74, 6) is 1.22. The highest BCUT2D eigenvalue weighted by Crippen LogP contribution is 2.41. The van der Waals surface area contributed by atoms with Crippen molar-refractivity contribution in [1.82, 2.24) is 0 Å². The molecule has 1 amide bonds. The number of methoxy groups -OCH3 is 1. The maximum Gasteiger partial charge on any atom is 0.412 e. The van der Waals surface area contributed by atoms with E-state index in [4.69, 9.17) is 23.7 Å². The fourth-order valence-corrected chi connectivity index (χ4v) is 3.85. The van der Waals surface area contributed by atoms with Gasteiger partial charge in [0.1, 0.15) is 17.2 Å². The molecule has 11 heteroatoms. The maximum atomic E-state index is 13.4. The minimum Gasteiger partial charge on any atom is -0.497 e. The summed E-state index contributed by atoms with van der Waals surface area (Å²) in [7, 11) is 1.49. The average Bonchev–Trinajstić information content (AvgIpc) is 3.34. The highest BCUT2D eigenvalue weighted by Gasteiger charge is 2.42. The van der Waals surface area contributed by atoms with Crippen molar-refractivity contribution in [3.63, 3.8) is 0 Å². The number of nitrogens with one attached hydrogen (secondary N) is 1. The van der Waals surface area contributed by atoms with Gasteiger partial charge in [-0.2, -0.15) is 8.78 Å². The number of hydrogen-bond donors (Lipinski definition) is 1.